The molecule has 1 saturated heterocycles. The molecule has 0 amide bonds. The van der Waals surface area contributed by atoms with Crippen LogP contribution in [-0.2, 0) is 11.3 Å². The molecule has 1 fully saturated rings. The Labute approximate surface area is 194 Å². The largest absolute Gasteiger partial charge is 0.488 e. The first-order valence-electron chi connectivity index (χ1n) is 10.2. The maximum Gasteiger partial charge on any atom is 0.269 e. The van der Waals surface area contributed by atoms with Crippen molar-refractivity contribution >= 4 is 39.2 Å². The van der Waals surface area contributed by atoms with Gasteiger partial charge in [-0.25, -0.2) is 0 Å². The van der Waals surface area contributed by atoms with E-state index in [9.17, 15) is 10.1 Å². The molecule has 0 bridgehead atoms. The van der Waals surface area contributed by atoms with Gasteiger partial charge < -0.3 is 14.4 Å². The Morgan fingerprint density at radius 3 is 2.62 bits per heavy atom. The first kappa shape index (κ1) is 22.0. The molecule has 3 aromatic carbocycles. The predicted octanol–water partition coefficient (Wildman–Crippen LogP) is 5.52. The fourth-order valence-electron chi connectivity index (χ4n) is 3.39. The quantitative estimate of drug-likeness (QED) is 0.245. The first-order valence-corrected chi connectivity index (χ1v) is 11.0. The minimum atomic E-state index is -0.411. The van der Waals surface area contributed by atoms with Crippen LogP contribution in [0.4, 0.5) is 17.1 Å². The molecular formula is C24H22BrN3O4. The molecule has 4 rings (SSSR count). The van der Waals surface area contributed by atoms with Gasteiger partial charge >= 0.3 is 0 Å². The zero-order chi connectivity index (χ0) is 22.3. The van der Waals surface area contributed by atoms with E-state index in [2.05, 4.69) is 38.0 Å². The SMILES string of the molecule is O=[N+]([O-])c1cccc(COc2ccc(Br)cc2C=Nc2ccc(N3CCOCC3)cc2)c1. The van der Waals surface area contributed by atoms with E-state index >= 15 is 0 Å². The number of nitro benzene ring substituents is 1. The normalized spacial score (nSPS) is 14.0. The zero-order valence-electron chi connectivity index (χ0n) is 17.3. The van der Waals surface area contributed by atoms with Gasteiger partial charge in [0.05, 0.1) is 23.8 Å². The van der Waals surface area contributed by atoms with Crippen molar-refractivity contribution in [3.8, 4) is 5.75 Å². The lowest BCUT2D eigenvalue weighted by Gasteiger charge is -2.28. The minimum absolute atomic E-state index is 0.0456. The summed E-state index contributed by atoms with van der Waals surface area (Å²) in [6, 6.07) is 20.2. The molecule has 0 aromatic heterocycles. The smallest absolute Gasteiger partial charge is 0.269 e. The van der Waals surface area contributed by atoms with Crippen molar-refractivity contribution in [1.29, 1.82) is 0 Å². The second-order valence-electron chi connectivity index (χ2n) is 7.27. The van der Waals surface area contributed by atoms with Gasteiger partial charge in [-0.1, -0.05) is 28.1 Å². The fraction of sp³-hybridized carbons (Fsp3) is 0.208. The minimum Gasteiger partial charge on any atom is -0.488 e. The summed E-state index contributed by atoms with van der Waals surface area (Å²) in [4.78, 5) is 17.5. The van der Waals surface area contributed by atoms with Crippen LogP contribution >= 0.6 is 15.9 Å². The predicted molar refractivity (Wildman–Crippen MR) is 128 cm³/mol. The van der Waals surface area contributed by atoms with Crippen LogP contribution in [0, 0.1) is 10.1 Å². The van der Waals surface area contributed by atoms with Gasteiger partial charge in [0.1, 0.15) is 12.4 Å². The molecule has 1 aliphatic heterocycles. The molecule has 0 saturated carbocycles. The van der Waals surface area contributed by atoms with Gasteiger partial charge in [0.15, 0.2) is 0 Å². The van der Waals surface area contributed by atoms with Crippen LogP contribution in [0.15, 0.2) is 76.2 Å². The van der Waals surface area contributed by atoms with Gasteiger partial charge in [-0.15, -0.1) is 0 Å². The second kappa shape index (κ2) is 10.4. The molecule has 0 N–H and O–H groups in total. The molecule has 1 heterocycles. The number of rotatable bonds is 7. The molecule has 7 nitrogen and oxygen atoms in total. The van der Waals surface area contributed by atoms with Crippen molar-refractivity contribution in [3.63, 3.8) is 0 Å². The number of morpholine rings is 1. The van der Waals surface area contributed by atoms with Crippen molar-refractivity contribution in [2.24, 2.45) is 4.99 Å². The second-order valence-corrected chi connectivity index (χ2v) is 8.19. The van der Waals surface area contributed by atoms with E-state index in [0.717, 1.165) is 53.3 Å². The summed E-state index contributed by atoms with van der Waals surface area (Å²) in [7, 11) is 0. The van der Waals surface area contributed by atoms with E-state index in [-0.39, 0.29) is 12.3 Å². The van der Waals surface area contributed by atoms with E-state index in [1.165, 1.54) is 12.1 Å². The number of aliphatic imine (C=N–C) groups is 1. The van der Waals surface area contributed by atoms with Gasteiger partial charge in [0.2, 0.25) is 0 Å². The average molecular weight is 496 g/mol. The molecule has 32 heavy (non-hydrogen) atoms. The number of ether oxygens (including phenoxy) is 2. The maximum absolute atomic E-state index is 11.0. The molecule has 0 radical (unpaired) electrons. The molecule has 3 aromatic rings. The maximum atomic E-state index is 11.0. The van der Waals surface area contributed by atoms with Crippen LogP contribution in [0.1, 0.15) is 11.1 Å². The van der Waals surface area contributed by atoms with Crippen molar-refractivity contribution in [2.45, 2.75) is 6.61 Å². The Kier molecular flexibility index (Phi) is 7.14. The van der Waals surface area contributed by atoms with E-state index in [1.807, 2.05) is 30.3 Å². The number of nitrogens with zero attached hydrogens (tertiary/aromatic N) is 3. The van der Waals surface area contributed by atoms with Crippen LogP contribution in [0.3, 0.4) is 0 Å². The van der Waals surface area contributed by atoms with E-state index in [1.54, 1.807) is 18.3 Å². The number of halogens is 1. The monoisotopic (exact) mass is 495 g/mol. The van der Waals surface area contributed by atoms with Crippen molar-refractivity contribution in [2.75, 3.05) is 31.2 Å². The fourth-order valence-corrected chi connectivity index (χ4v) is 3.77. The van der Waals surface area contributed by atoms with E-state index < -0.39 is 4.92 Å². The Bertz CT molecular complexity index is 1110. The summed E-state index contributed by atoms with van der Waals surface area (Å²) in [6.45, 7) is 3.51. The topological polar surface area (TPSA) is 77.2 Å². The van der Waals surface area contributed by atoms with Crippen LogP contribution in [0.5, 0.6) is 5.75 Å². The third-order valence-electron chi connectivity index (χ3n) is 5.07. The van der Waals surface area contributed by atoms with Gasteiger partial charge in [-0.3, -0.25) is 15.1 Å². The Morgan fingerprint density at radius 1 is 1.09 bits per heavy atom. The highest BCUT2D eigenvalue weighted by atomic mass is 79.9. The van der Waals surface area contributed by atoms with E-state index in [4.69, 9.17) is 9.47 Å². The number of anilines is 1. The molecule has 0 atom stereocenters. The van der Waals surface area contributed by atoms with Crippen molar-refractivity contribution in [1.82, 2.24) is 0 Å². The lowest BCUT2D eigenvalue weighted by molar-refractivity contribution is -0.384. The molecule has 1 aliphatic rings. The molecule has 0 unspecified atom stereocenters. The summed E-state index contributed by atoms with van der Waals surface area (Å²) in [5.74, 6) is 0.647. The van der Waals surface area contributed by atoms with Crippen LogP contribution in [-0.4, -0.2) is 37.4 Å². The van der Waals surface area contributed by atoms with Crippen LogP contribution in [0.25, 0.3) is 0 Å². The average Bonchev–Trinajstić information content (AvgIpc) is 2.83. The summed E-state index contributed by atoms with van der Waals surface area (Å²) in [5, 5.41) is 11.0. The van der Waals surface area contributed by atoms with Crippen molar-refractivity contribution in [3.05, 3.63) is 92.4 Å². The lowest BCUT2D eigenvalue weighted by Crippen LogP contribution is -2.36. The molecule has 0 aliphatic carbocycles. The number of nitro groups is 1. The van der Waals surface area contributed by atoms with Gasteiger partial charge in [0.25, 0.3) is 5.69 Å². The van der Waals surface area contributed by atoms with Crippen molar-refractivity contribution < 1.29 is 14.4 Å². The van der Waals surface area contributed by atoms with Gasteiger partial charge in [0, 0.05) is 47.2 Å². The third kappa shape index (κ3) is 5.72. The Balaban J connectivity index is 1.46. The van der Waals surface area contributed by atoms with Gasteiger partial charge in [-0.2, -0.15) is 0 Å². The number of hydrogen-bond donors (Lipinski definition) is 0. The Hall–Kier alpha value is -3.23. The van der Waals surface area contributed by atoms with Gasteiger partial charge in [-0.05, 0) is 48.0 Å². The van der Waals surface area contributed by atoms with E-state index in [0.29, 0.717) is 5.75 Å². The molecule has 0 spiro atoms. The highest BCUT2D eigenvalue weighted by Crippen LogP contribution is 2.25. The highest BCUT2D eigenvalue weighted by Gasteiger charge is 2.11. The highest BCUT2D eigenvalue weighted by molar-refractivity contribution is 9.10. The number of hydrogen-bond acceptors (Lipinski definition) is 6. The summed E-state index contributed by atoms with van der Waals surface area (Å²) in [5.41, 5.74) is 3.58. The zero-order valence-corrected chi connectivity index (χ0v) is 18.9. The summed E-state index contributed by atoms with van der Waals surface area (Å²) < 4.78 is 12.3. The number of benzene rings is 3. The summed E-state index contributed by atoms with van der Waals surface area (Å²) in [6.07, 6.45) is 1.76. The standard InChI is InChI=1S/C24H22BrN3O4/c25-20-4-9-24(32-17-18-2-1-3-23(14-18)28(29)30)19(15-20)16-26-21-5-7-22(8-6-21)27-10-12-31-13-11-27/h1-9,14-16H,10-13,17H2. The third-order valence-corrected chi connectivity index (χ3v) is 5.56. The molecule has 164 valence electrons. The van der Waals surface area contributed by atoms with Crippen LogP contribution < -0.4 is 9.64 Å². The molecular weight excluding hydrogens is 474 g/mol. The van der Waals surface area contributed by atoms with Crippen LogP contribution in [0.2, 0.25) is 0 Å². The molecule has 8 heteroatoms. The number of non-ortho nitro benzene ring substituents is 1. The first-order chi connectivity index (χ1) is 15.6. The Morgan fingerprint density at radius 2 is 1.88 bits per heavy atom. The summed E-state index contributed by atoms with van der Waals surface area (Å²) >= 11 is 3.49. The lowest BCUT2D eigenvalue weighted by atomic mass is 10.2.